The second-order valence-electron chi connectivity index (χ2n) is 5.57. The summed E-state index contributed by atoms with van der Waals surface area (Å²) in [6.45, 7) is 2.64. The van der Waals surface area contributed by atoms with Crippen molar-refractivity contribution in [3.63, 3.8) is 0 Å². The Hall–Kier alpha value is -2.54. The Morgan fingerprint density at radius 1 is 1.18 bits per heavy atom. The number of nitriles is 1. The van der Waals surface area contributed by atoms with Gasteiger partial charge in [-0.05, 0) is 37.1 Å². The number of hydrogen-bond acceptors (Lipinski definition) is 4. The van der Waals surface area contributed by atoms with Crippen molar-refractivity contribution in [2.75, 3.05) is 24.6 Å². The third-order valence-corrected chi connectivity index (χ3v) is 3.92. The lowest BCUT2D eigenvalue weighted by Gasteiger charge is -2.33. The largest absolute Gasteiger partial charge is 0.493 e. The van der Waals surface area contributed by atoms with E-state index in [1.165, 1.54) is 6.42 Å². The molecule has 1 fully saturated rings. The first-order valence-corrected chi connectivity index (χ1v) is 7.65. The maximum absolute atomic E-state index is 8.97. The van der Waals surface area contributed by atoms with Gasteiger partial charge in [0.15, 0.2) is 0 Å². The highest BCUT2D eigenvalue weighted by Crippen LogP contribution is 2.22. The predicted octanol–water partition coefficient (Wildman–Crippen LogP) is 3.25. The molecule has 0 saturated carbocycles. The number of aromatic nitrogens is 1. The van der Waals surface area contributed by atoms with Crippen LogP contribution in [0.25, 0.3) is 0 Å². The Balaban J connectivity index is 1.60. The first-order valence-electron chi connectivity index (χ1n) is 7.65. The van der Waals surface area contributed by atoms with Crippen molar-refractivity contribution in [3.8, 4) is 11.8 Å². The van der Waals surface area contributed by atoms with Gasteiger partial charge >= 0.3 is 0 Å². The van der Waals surface area contributed by atoms with Crippen LogP contribution in [0.3, 0.4) is 0 Å². The average molecular weight is 293 g/mol. The molecule has 0 N–H and O–H groups in total. The van der Waals surface area contributed by atoms with E-state index in [9.17, 15) is 0 Å². The van der Waals surface area contributed by atoms with Gasteiger partial charge in [-0.1, -0.05) is 24.3 Å². The van der Waals surface area contributed by atoms with Crippen LogP contribution in [-0.2, 0) is 0 Å². The summed E-state index contributed by atoms with van der Waals surface area (Å²) < 4.78 is 5.88. The van der Waals surface area contributed by atoms with Crippen LogP contribution in [0, 0.1) is 17.2 Å². The molecule has 4 heteroatoms. The molecule has 1 atom stereocenters. The zero-order valence-corrected chi connectivity index (χ0v) is 12.5. The number of hydrogen-bond donors (Lipinski definition) is 0. The first-order chi connectivity index (χ1) is 10.8. The van der Waals surface area contributed by atoms with Crippen molar-refractivity contribution in [3.05, 3.63) is 54.2 Å². The van der Waals surface area contributed by atoms with E-state index in [2.05, 4.69) is 16.0 Å². The molecule has 3 rings (SSSR count). The number of piperidine rings is 1. The van der Waals surface area contributed by atoms with Crippen LogP contribution in [0.1, 0.15) is 18.5 Å². The average Bonchev–Trinajstić information content (AvgIpc) is 2.61. The monoisotopic (exact) mass is 293 g/mol. The van der Waals surface area contributed by atoms with Gasteiger partial charge in [0.25, 0.3) is 0 Å². The van der Waals surface area contributed by atoms with Gasteiger partial charge in [0.2, 0.25) is 0 Å². The van der Waals surface area contributed by atoms with Crippen molar-refractivity contribution < 1.29 is 4.74 Å². The Bertz CT molecular complexity index is 651. The lowest BCUT2D eigenvalue weighted by Crippen LogP contribution is -2.38. The van der Waals surface area contributed by atoms with Crippen LogP contribution in [0.4, 0.5) is 5.82 Å². The SMILES string of the molecule is N#Cc1cccc(N2CCCC(COc3ccccc3)C2)n1. The third-order valence-electron chi connectivity index (χ3n) is 3.92. The van der Waals surface area contributed by atoms with Crippen molar-refractivity contribution in [2.45, 2.75) is 12.8 Å². The summed E-state index contributed by atoms with van der Waals surface area (Å²) in [5, 5.41) is 8.97. The minimum absolute atomic E-state index is 0.472. The zero-order valence-electron chi connectivity index (χ0n) is 12.5. The van der Waals surface area contributed by atoms with E-state index in [-0.39, 0.29) is 0 Å². The maximum Gasteiger partial charge on any atom is 0.142 e. The van der Waals surface area contributed by atoms with Gasteiger partial charge in [-0.25, -0.2) is 4.98 Å². The number of ether oxygens (including phenoxy) is 1. The molecule has 1 unspecified atom stereocenters. The topological polar surface area (TPSA) is 49.2 Å². The van der Waals surface area contributed by atoms with Crippen LogP contribution >= 0.6 is 0 Å². The molecule has 1 saturated heterocycles. The molecule has 0 aliphatic carbocycles. The second-order valence-corrected chi connectivity index (χ2v) is 5.57. The number of nitrogens with zero attached hydrogens (tertiary/aromatic N) is 3. The van der Waals surface area contributed by atoms with E-state index in [1.54, 1.807) is 6.07 Å². The quantitative estimate of drug-likeness (QED) is 0.868. The highest BCUT2D eigenvalue weighted by Gasteiger charge is 2.21. The standard InChI is InChI=1S/C18H19N3O/c19-12-16-7-4-10-18(20-16)21-11-5-6-15(13-21)14-22-17-8-2-1-3-9-17/h1-4,7-10,15H,5-6,11,13-14H2. The van der Waals surface area contributed by atoms with E-state index >= 15 is 0 Å². The molecule has 1 aromatic heterocycles. The van der Waals surface area contributed by atoms with Gasteiger partial charge in [-0.15, -0.1) is 0 Å². The second kappa shape index (κ2) is 6.95. The van der Waals surface area contributed by atoms with Crippen molar-refractivity contribution >= 4 is 5.82 Å². The minimum atomic E-state index is 0.472. The summed E-state index contributed by atoms with van der Waals surface area (Å²) in [4.78, 5) is 6.64. The van der Waals surface area contributed by atoms with Crippen LogP contribution in [0.15, 0.2) is 48.5 Å². The Morgan fingerprint density at radius 2 is 2.05 bits per heavy atom. The van der Waals surface area contributed by atoms with Gasteiger partial charge < -0.3 is 9.64 Å². The van der Waals surface area contributed by atoms with E-state index in [4.69, 9.17) is 10.00 Å². The molecule has 0 bridgehead atoms. The number of anilines is 1. The summed E-state index contributed by atoms with van der Waals surface area (Å²) in [6.07, 6.45) is 2.29. The molecule has 1 aliphatic heterocycles. The summed E-state index contributed by atoms with van der Waals surface area (Å²) in [5.41, 5.74) is 0.472. The fourth-order valence-corrected chi connectivity index (χ4v) is 2.80. The third kappa shape index (κ3) is 3.56. The number of para-hydroxylation sites is 1. The van der Waals surface area contributed by atoms with E-state index in [0.717, 1.165) is 37.7 Å². The summed E-state index contributed by atoms with van der Waals surface area (Å²) in [5.74, 6) is 2.30. The highest BCUT2D eigenvalue weighted by atomic mass is 16.5. The predicted molar refractivity (Wildman–Crippen MR) is 85.8 cm³/mol. The molecule has 1 aromatic carbocycles. The van der Waals surface area contributed by atoms with Gasteiger partial charge in [0.1, 0.15) is 23.3 Å². The highest BCUT2D eigenvalue weighted by molar-refractivity contribution is 5.42. The van der Waals surface area contributed by atoms with Crippen molar-refractivity contribution in [1.29, 1.82) is 5.26 Å². The Kier molecular flexibility index (Phi) is 4.55. The molecule has 2 heterocycles. The van der Waals surface area contributed by atoms with Crippen LogP contribution in [0.5, 0.6) is 5.75 Å². The van der Waals surface area contributed by atoms with Crippen LogP contribution in [0.2, 0.25) is 0 Å². The fourth-order valence-electron chi connectivity index (χ4n) is 2.80. The van der Waals surface area contributed by atoms with E-state index in [1.807, 2.05) is 42.5 Å². The van der Waals surface area contributed by atoms with Gasteiger partial charge in [0.05, 0.1) is 6.61 Å². The van der Waals surface area contributed by atoms with Gasteiger partial charge in [0, 0.05) is 19.0 Å². The summed E-state index contributed by atoms with van der Waals surface area (Å²) >= 11 is 0. The molecule has 4 nitrogen and oxygen atoms in total. The lowest BCUT2D eigenvalue weighted by atomic mass is 9.99. The molecule has 2 aromatic rings. The van der Waals surface area contributed by atoms with Crippen molar-refractivity contribution in [2.24, 2.45) is 5.92 Å². The van der Waals surface area contributed by atoms with E-state index in [0.29, 0.717) is 11.6 Å². The number of benzene rings is 1. The maximum atomic E-state index is 8.97. The number of rotatable bonds is 4. The zero-order chi connectivity index (χ0) is 15.2. The van der Waals surface area contributed by atoms with E-state index < -0.39 is 0 Å². The van der Waals surface area contributed by atoms with Crippen molar-refractivity contribution in [1.82, 2.24) is 4.98 Å². The van der Waals surface area contributed by atoms with Crippen LogP contribution in [-0.4, -0.2) is 24.7 Å². The van der Waals surface area contributed by atoms with Crippen LogP contribution < -0.4 is 9.64 Å². The summed E-state index contributed by atoms with van der Waals surface area (Å²) in [7, 11) is 0. The smallest absolute Gasteiger partial charge is 0.142 e. The molecule has 1 aliphatic rings. The molecule has 0 amide bonds. The molecular weight excluding hydrogens is 274 g/mol. The van der Waals surface area contributed by atoms with Gasteiger partial charge in [-0.3, -0.25) is 0 Å². The first kappa shape index (κ1) is 14.4. The number of pyridine rings is 1. The molecular formula is C18H19N3O. The molecule has 112 valence electrons. The normalized spacial score (nSPS) is 17.8. The molecule has 22 heavy (non-hydrogen) atoms. The van der Waals surface area contributed by atoms with Gasteiger partial charge in [-0.2, -0.15) is 5.26 Å². The lowest BCUT2D eigenvalue weighted by molar-refractivity contribution is 0.228. The fraction of sp³-hybridized carbons (Fsp3) is 0.333. The molecule has 0 radical (unpaired) electrons. The minimum Gasteiger partial charge on any atom is -0.493 e. The summed E-state index contributed by atoms with van der Waals surface area (Å²) in [6, 6.07) is 17.6. The molecule has 0 spiro atoms. The Morgan fingerprint density at radius 3 is 2.86 bits per heavy atom. The Labute approximate surface area is 131 Å².